The van der Waals surface area contributed by atoms with Crippen molar-refractivity contribution in [2.45, 2.75) is 25.3 Å². The second kappa shape index (κ2) is 8.41. The summed E-state index contributed by atoms with van der Waals surface area (Å²) in [6, 6.07) is 7.78. The van der Waals surface area contributed by atoms with E-state index in [2.05, 4.69) is 40.8 Å². The van der Waals surface area contributed by atoms with Gasteiger partial charge in [-0.3, -0.25) is 0 Å². The van der Waals surface area contributed by atoms with Gasteiger partial charge >= 0.3 is 0 Å². The number of aromatic amines is 1. The van der Waals surface area contributed by atoms with E-state index in [1.165, 1.54) is 0 Å². The third-order valence-corrected chi connectivity index (χ3v) is 5.99. The van der Waals surface area contributed by atoms with Crippen LogP contribution < -0.4 is 19.7 Å². The summed E-state index contributed by atoms with van der Waals surface area (Å²) in [5.74, 6) is 3.96. The van der Waals surface area contributed by atoms with Crippen LogP contribution in [0.25, 0.3) is 11.3 Å². The van der Waals surface area contributed by atoms with E-state index in [-0.39, 0.29) is 6.79 Å². The van der Waals surface area contributed by atoms with E-state index in [4.69, 9.17) is 14.0 Å². The maximum atomic E-state index is 5.57. The maximum absolute atomic E-state index is 5.57. The second-order valence-electron chi connectivity index (χ2n) is 8.04. The van der Waals surface area contributed by atoms with Gasteiger partial charge in [0.15, 0.2) is 23.1 Å². The Hall–Kier alpha value is -4.15. The molecule has 0 unspecified atom stereocenters. The lowest BCUT2D eigenvalue weighted by Crippen LogP contribution is -2.33. The van der Waals surface area contributed by atoms with Crippen LogP contribution in [0.2, 0.25) is 0 Å². The van der Waals surface area contributed by atoms with E-state index in [0.717, 1.165) is 60.1 Å². The predicted octanol–water partition coefficient (Wildman–Crippen LogP) is 2.97. The molecule has 11 nitrogen and oxygen atoms in total. The van der Waals surface area contributed by atoms with E-state index in [1.807, 2.05) is 30.5 Å². The van der Waals surface area contributed by atoms with Crippen molar-refractivity contribution in [3.05, 3.63) is 54.1 Å². The number of nitrogens with zero attached hydrogens (tertiary/aromatic N) is 6. The Bertz CT molecular complexity index is 1220. The molecule has 6 rings (SSSR count). The summed E-state index contributed by atoms with van der Waals surface area (Å²) in [5, 5.41) is 18.3. The molecule has 0 radical (unpaired) electrons. The van der Waals surface area contributed by atoms with Gasteiger partial charge in [-0.2, -0.15) is 15.4 Å². The fraction of sp³-hybridized carbons (Fsp3) is 0.318. The Balaban J connectivity index is 1.06. The van der Waals surface area contributed by atoms with Gasteiger partial charge < -0.3 is 24.2 Å². The summed E-state index contributed by atoms with van der Waals surface area (Å²) >= 11 is 0. The fourth-order valence-corrected chi connectivity index (χ4v) is 4.14. The number of rotatable bonds is 6. The molecule has 0 saturated carbocycles. The van der Waals surface area contributed by atoms with Crippen molar-refractivity contribution in [2.75, 3.05) is 30.1 Å². The molecule has 1 saturated heterocycles. The smallest absolute Gasteiger partial charge is 0.231 e. The van der Waals surface area contributed by atoms with Crippen LogP contribution in [0.15, 0.2) is 47.4 Å². The van der Waals surface area contributed by atoms with E-state index >= 15 is 0 Å². The number of anilines is 2. The Labute approximate surface area is 189 Å². The lowest BCUT2D eigenvalue weighted by Gasteiger charge is -2.30. The average Bonchev–Trinajstić information content (AvgIpc) is 3.65. The summed E-state index contributed by atoms with van der Waals surface area (Å²) in [7, 11) is 0. The highest BCUT2D eigenvalue weighted by Crippen LogP contribution is 2.33. The van der Waals surface area contributed by atoms with Crippen molar-refractivity contribution in [3.8, 4) is 22.8 Å². The highest BCUT2D eigenvalue weighted by molar-refractivity contribution is 5.60. The first kappa shape index (κ1) is 19.5. The molecule has 2 aliphatic rings. The van der Waals surface area contributed by atoms with Crippen LogP contribution in [0.5, 0.6) is 11.5 Å². The SMILES string of the molecule is c1cc2c(cc1CNc1ncc(-c3cc(N4CCC(c5cn[nH]n5)CC4)no3)cn1)OCO2. The topological polar surface area (TPSA) is 127 Å². The van der Waals surface area contributed by atoms with Crippen molar-refractivity contribution in [1.29, 1.82) is 0 Å². The molecule has 5 heterocycles. The molecule has 3 aromatic heterocycles. The van der Waals surface area contributed by atoms with Gasteiger partial charge in [0, 0.05) is 44.0 Å². The van der Waals surface area contributed by atoms with Gasteiger partial charge in [0.1, 0.15) is 0 Å². The number of fused-ring (bicyclic) bond motifs is 1. The first-order valence-electron chi connectivity index (χ1n) is 10.8. The van der Waals surface area contributed by atoms with Gasteiger partial charge in [-0.15, -0.1) is 0 Å². The van der Waals surface area contributed by atoms with Gasteiger partial charge in [0.25, 0.3) is 0 Å². The number of ether oxygens (including phenoxy) is 2. The standard InChI is InChI=1S/C22H22N8O3/c1-2-18-20(32-13-31-18)7-14(1)9-23-22-24-10-16(11-25-22)19-8-21(28-33-19)30-5-3-15(4-6-30)17-12-26-29-27-17/h1-2,7-8,10-12,15H,3-6,9,13H2,(H,23,24,25)(H,26,27,29). The first-order valence-corrected chi connectivity index (χ1v) is 10.8. The molecule has 4 aromatic rings. The molecule has 0 atom stereocenters. The molecule has 168 valence electrons. The number of piperidine rings is 1. The van der Waals surface area contributed by atoms with Crippen molar-refractivity contribution >= 4 is 11.8 Å². The Morgan fingerprint density at radius 2 is 1.88 bits per heavy atom. The van der Waals surface area contributed by atoms with Gasteiger partial charge in [-0.1, -0.05) is 11.2 Å². The molecular formula is C22H22N8O3. The number of hydrogen-bond acceptors (Lipinski definition) is 10. The normalized spacial score (nSPS) is 15.7. The van der Waals surface area contributed by atoms with Gasteiger partial charge in [-0.25, -0.2) is 9.97 Å². The van der Waals surface area contributed by atoms with Crippen molar-refractivity contribution in [2.24, 2.45) is 0 Å². The molecule has 1 aromatic carbocycles. The minimum absolute atomic E-state index is 0.265. The second-order valence-corrected chi connectivity index (χ2v) is 8.04. The first-order chi connectivity index (χ1) is 16.3. The number of hydrogen-bond donors (Lipinski definition) is 2. The zero-order chi connectivity index (χ0) is 22.0. The molecule has 0 bridgehead atoms. The zero-order valence-electron chi connectivity index (χ0n) is 17.8. The molecule has 2 N–H and O–H groups in total. The average molecular weight is 446 g/mol. The summed E-state index contributed by atoms with van der Waals surface area (Å²) in [5.41, 5.74) is 2.86. The monoisotopic (exact) mass is 446 g/mol. The van der Waals surface area contributed by atoms with E-state index in [0.29, 0.717) is 24.2 Å². The maximum Gasteiger partial charge on any atom is 0.231 e. The third kappa shape index (κ3) is 4.04. The van der Waals surface area contributed by atoms with Crippen molar-refractivity contribution in [1.82, 2.24) is 30.5 Å². The lowest BCUT2D eigenvalue weighted by molar-refractivity contribution is 0.174. The Morgan fingerprint density at radius 1 is 1.03 bits per heavy atom. The van der Waals surface area contributed by atoms with Crippen LogP contribution in [0.1, 0.15) is 30.0 Å². The highest BCUT2D eigenvalue weighted by Gasteiger charge is 2.24. The van der Waals surface area contributed by atoms with Crippen LogP contribution in [0, 0.1) is 0 Å². The minimum atomic E-state index is 0.265. The lowest BCUT2D eigenvalue weighted by atomic mass is 9.94. The number of nitrogens with one attached hydrogen (secondary N) is 2. The Kier molecular flexibility index (Phi) is 4.98. The largest absolute Gasteiger partial charge is 0.454 e. The summed E-state index contributed by atoms with van der Waals surface area (Å²) in [6.07, 6.45) is 7.28. The fourth-order valence-electron chi connectivity index (χ4n) is 4.14. The molecule has 0 amide bonds. The van der Waals surface area contributed by atoms with Crippen LogP contribution in [0.3, 0.4) is 0 Å². The minimum Gasteiger partial charge on any atom is -0.454 e. The highest BCUT2D eigenvalue weighted by atomic mass is 16.7. The Morgan fingerprint density at radius 3 is 2.70 bits per heavy atom. The summed E-state index contributed by atoms with van der Waals surface area (Å²) in [6.45, 7) is 2.62. The van der Waals surface area contributed by atoms with Crippen LogP contribution in [0.4, 0.5) is 11.8 Å². The molecule has 0 spiro atoms. The van der Waals surface area contributed by atoms with Gasteiger partial charge in [-0.05, 0) is 30.5 Å². The van der Waals surface area contributed by atoms with E-state index < -0.39 is 0 Å². The molecule has 33 heavy (non-hydrogen) atoms. The predicted molar refractivity (Wildman–Crippen MR) is 118 cm³/mol. The number of benzene rings is 1. The van der Waals surface area contributed by atoms with Crippen molar-refractivity contribution in [3.63, 3.8) is 0 Å². The zero-order valence-corrected chi connectivity index (χ0v) is 17.8. The number of H-pyrrole nitrogens is 1. The molecule has 1 fully saturated rings. The molecule has 2 aliphatic heterocycles. The van der Waals surface area contributed by atoms with Crippen molar-refractivity contribution < 1.29 is 14.0 Å². The van der Waals surface area contributed by atoms with Crippen LogP contribution in [-0.4, -0.2) is 50.4 Å². The van der Waals surface area contributed by atoms with Crippen LogP contribution >= 0.6 is 0 Å². The quantitative estimate of drug-likeness (QED) is 0.456. The molecule has 0 aliphatic carbocycles. The van der Waals surface area contributed by atoms with E-state index in [1.54, 1.807) is 12.4 Å². The van der Waals surface area contributed by atoms with Gasteiger partial charge in [0.2, 0.25) is 12.7 Å². The number of aromatic nitrogens is 6. The third-order valence-electron chi connectivity index (χ3n) is 5.99. The molecular weight excluding hydrogens is 424 g/mol. The van der Waals surface area contributed by atoms with E-state index in [9.17, 15) is 0 Å². The summed E-state index contributed by atoms with van der Waals surface area (Å²) < 4.78 is 16.3. The van der Waals surface area contributed by atoms with Gasteiger partial charge in [0.05, 0.1) is 17.5 Å². The molecule has 11 heteroatoms. The summed E-state index contributed by atoms with van der Waals surface area (Å²) in [4.78, 5) is 11.0. The van der Waals surface area contributed by atoms with Crippen LogP contribution in [-0.2, 0) is 6.54 Å².